The van der Waals surface area contributed by atoms with Crippen LogP contribution in [0.25, 0.3) is 11.1 Å². The van der Waals surface area contributed by atoms with E-state index in [0.29, 0.717) is 28.4 Å². The Morgan fingerprint density at radius 3 is 2.52 bits per heavy atom. The second-order valence-corrected chi connectivity index (χ2v) is 6.97. The Hall–Kier alpha value is -2.25. The number of rotatable bonds is 4. The molecule has 23 heavy (non-hydrogen) atoms. The molecular weight excluding hydrogens is 340 g/mol. The van der Waals surface area contributed by atoms with Gasteiger partial charge in [-0.25, -0.2) is 13.2 Å². The molecule has 0 fully saturated rings. The molecule has 0 aliphatic carbocycles. The second-order valence-electron chi connectivity index (χ2n) is 4.85. The molecule has 0 radical (unpaired) electrons. The first kappa shape index (κ1) is 15.6. The smallest absolute Gasteiger partial charge is 0.408 e. The van der Waals surface area contributed by atoms with Crippen LogP contribution in [0.1, 0.15) is 6.92 Å². The maximum Gasteiger partial charge on any atom is 0.419 e. The van der Waals surface area contributed by atoms with Gasteiger partial charge in [0.1, 0.15) is 0 Å². The fourth-order valence-corrected chi connectivity index (χ4v) is 3.43. The first-order chi connectivity index (χ1) is 10.9. The van der Waals surface area contributed by atoms with E-state index in [-0.39, 0.29) is 4.90 Å². The SMILES string of the molecule is CCn1c(=O)oc2cc(NS(=O)(=O)c3ccc(Cl)cc3)ccc21. The van der Waals surface area contributed by atoms with Gasteiger partial charge in [-0.1, -0.05) is 11.6 Å². The van der Waals surface area contributed by atoms with Crippen LogP contribution < -0.4 is 10.5 Å². The highest BCUT2D eigenvalue weighted by Gasteiger charge is 2.15. The van der Waals surface area contributed by atoms with Crippen molar-refractivity contribution in [2.45, 2.75) is 18.4 Å². The van der Waals surface area contributed by atoms with Crippen molar-refractivity contribution in [2.75, 3.05) is 4.72 Å². The molecule has 1 heterocycles. The monoisotopic (exact) mass is 352 g/mol. The zero-order valence-corrected chi connectivity index (χ0v) is 13.7. The lowest BCUT2D eigenvalue weighted by molar-refractivity contribution is 0.513. The third-order valence-corrected chi connectivity index (χ3v) is 5.01. The van der Waals surface area contributed by atoms with Gasteiger partial charge in [0, 0.05) is 17.6 Å². The largest absolute Gasteiger partial charge is 0.419 e. The molecule has 0 saturated heterocycles. The molecule has 1 N–H and O–H groups in total. The Balaban J connectivity index is 1.98. The molecule has 0 atom stereocenters. The van der Waals surface area contributed by atoms with E-state index < -0.39 is 15.8 Å². The molecule has 1 aromatic heterocycles. The number of fused-ring (bicyclic) bond motifs is 1. The van der Waals surface area contributed by atoms with Crippen molar-refractivity contribution >= 4 is 38.4 Å². The number of hydrogen-bond donors (Lipinski definition) is 1. The van der Waals surface area contributed by atoms with Crippen molar-refractivity contribution in [2.24, 2.45) is 0 Å². The average Bonchev–Trinajstić information content (AvgIpc) is 2.81. The lowest BCUT2D eigenvalue weighted by Crippen LogP contribution is -2.13. The summed E-state index contributed by atoms with van der Waals surface area (Å²) in [6.45, 7) is 2.30. The van der Waals surface area contributed by atoms with Gasteiger partial charge in [0.05, 0.1) is 16.1 Å². The number of benzene rings is 2. The molecular formula is C15H13ClN2O4S. The number of aryl methyl sites for hydroxylation is 1. The van der Waals surface area contributed by atoms with Crippen LogP contribution in [0.2, 0.25) is 5.02 Å². The maximum atomic E-state index is 12.3. The Bertz CT molecular complexity index is 1020. The highest BCUT2D eigenvalue weighted by Crippen LogP contribution is 2.22. The Kier molecular flexibility index (Phi) is 3.91. The van der Waals surface area contributed by atoms with Crippen molar-refractivity contribution < 1.29 is 12.8 Å². The summed E-state index contributed by atoms with van der Waals surface area (Å²) in [7, 11) is -3.74. The summed E-state index contributed by atoms with van der Waals surface area (Å²) in [4.78, 5) is 11.8. The molecule has 0 spiro atoms. The van der Waals surface area contributed by atoms with Crippen LogP contribution in [-0.2, 0) is 16.6 Å². The first-order valence-electron chi connectivity index (χ1n) is 6.82. The molecule has 0 bridgehead atoms. The van der Waals surface area contributed by atoms with Gasteiger partial charge in [0.25, 0.3) is 10.0 Å². The van der Waals surface area contributed by atoms with Gasteiger partial charge in [-0.3, -0.25) is 9.29 Å². The van der Waals surface area contributed by atoms with Gasteiger partial charge in [0.2, 0.25) is 0 Å². The van der Waals surface area contributed by atoms with E-state index in [2.05, 4.69) is 4.72 Å². The van der Waals surface area contributed by atoms with Crippen LogP contribution in [0, 0.1) is 0 Å². The van der Waals surface area contributed by atoms with Crippen LogP contribution in [0.4, 0.5) is 5.69 Å². The Labute approximate surface area is 137 Å². The molecule has 120 valence electrons. The van der Waals surface area contributed by atoms with Crippen LogP contribution in [0.5, 0.6) is 0 Å². The fourth-order valence-electron chi connectivity index (χ4n) is 2.26. The van der Waals surface area contributed by atoms with E-state index >= 15 is 0 Å². The molecule has 3 aromatic rings. The van der Waals surface area contributed by atoms with Gasteiger partial charge in [0.15, 0.2) is 5.58 Å². The topological polar surface area (TPSA) is 81.3 Å². The number of hydrogen-bond acceptors (Lipinski definition) is 4. The minimum Gasteiger partial charge on any atom is -0.408 e. The number of oxazole rings is 1. The third-order valence-electron chi connectivity index (χ3n) is 3.36. The van der Waals surface area contributed by atoms with E-state index in [1.807, 2.05) is 6.92 Å². The molecule has 0 amide bonds. The molecule has 0 unspecified atom stereocenters. The summed E-state index contributed by atoms with van der Waals surface area (Å²) in [6.07, 6.45) is 0. The summed E-state index contributed by atoms with van der Waals surface area (Å²) >= 11 is 5.76. The summed E-state index contributed by atoms with van der Waals surface area (Å²) < 4.78 is 33.7. The fraction of sp³-hybridized carbons (Fsp3) is 0.133. The number of nitrogens with zero attached hydrogens (tertiary/aromatic N) is 1. The van der Waals surface area contributed by atoms with E-state index in [4.69, 9.17) is 16.0 Å². The molecule has 3 rings (SSSR count). The summed E-state index contributed by atoms with van der Waals surface area (Å²) in [5.41, 5.74) is 1.25. The van der Waals surface area contributed by atoms with Crippen molar-refractivity contribution in [3.05, 3.63) is 58.0 Å². The maximum absolute atomic E-state index is 12.3. The molecule has 0 aliphatic rings. The van der Waals surface area contributed by atoms with E-state index in [1.165, 1.54) is 34.9 Å². The van der Waals surface area contributed by atoms with E-state index in [9.17, 15) is 13.2 Å². The van der Waals surface area contributed by atoms with E-state index in [1.54, 1.807) is 12.1 Å². The lowest BCUT2D eigenvalue weighted by atomic mass is 10.3. The van der Waals surface area contributed by atoms with Crippen molar-refractivity contribution in [1.82, 2.24) is 4.57 Å². The van der Waals surface area contributed by atoms with Crippen molar-refractivity contribution in [3.8, 4) is 0 Å². The van der Waals surface area contributed by atoms with Crippen molar-refractivity contribution in [3.63, 3.8) is 0 Å². The van der Waals surface area contributed by atoms with Gasteiger partial charge < -0.3 is 4.42 Å². The van der Waals surface area contributed by atoms with Crippen LogP contribution >= 0.6 is 11.6 Å². The minimum atomic E-state index is -3.74. The predicted molar refractivity (Wildman–Crippen MR) is 88.4 cm³/mol. The standard InChI is InChI=1S/C15H13ClN2O4S/c1-2-18-13-8-5-11(9-14(13)22-15(18)19)17-23(20,21)12-6-3-10(16)4-7-12/h3-9,17H,2H2,1H3. The second kappa shape index (κ2) is 5.75. The van der Waals surface area contributed by atoms with Gasteiger partial charge in [-0.15, -0.1) is 0 Å². The van der Waals surface area contributed by atoms with Gasteiger partial charge in [-0.2, -0.15) is 0 Å². The average molecular weight is 353 g/mol. The molecule has 2 aromatic carbocycles. The lowest BCUT2D eigenvalue weighted by Gasteiger charge is -2.08. The number of sulfonamides is 1. The number of nitrogens with one attached hydrogen (secondary N) is 1. The summed E-state index contributed by atoms with van der Waals surface area (Å²) in [5, 5.41) is 0.452. The normalized spacial score (nSPS) is 11.7. The van der Waals surface area contributed by atoms with Crippen LogP contribution in [0.15, 0.2) is 56.6 Å². The predicted octanol–water partition coefficient (Wildman–Crippen LogP) is 3.07. The Morgan fingerprint density at radius 2 is 1.87 bits per heavy atom. The van der Waals surface area contributed by atoms with E-state index in [0.717, 1.165) is 0 Å². The van der Waals surface area contributed by atoms with Gasteiger partial charge in [-0.05, 0) is 43.3 Å². The number of halogens is 1. The minimum absolute atomic E-state index is 0.0922. The highest BCUT2D eigenvalue weighted by molar-refractivity contribution is 7.92. The van der Waals surface area contributed by atoms with Crippen LogP contribution in [-0.4, -0.2) is 13.0 Å². The quantitative estimate of drug-likeness (QED) is 0.782. The van der Waals surface area contributed by atoms with Crippen molar-refractivity contribution in [1.29, 1.82) is 0 Å². The molecule has 6 nitrogen and oxygen atoms in total. The highest BCUT2D eigenvalue weighted by atomic mass is 35.5. The summed E-state index contributed by atoms with van der Waals surface area (Å²) in [6, 6.07) is 10.5. The molecule has 8 heteroatoms. The molecule has 0 aliphatic heterocycles. The number of aromatic nitrogens is 1. The molecule has 0 saturated carbocycles. The first-order valence-corrected chi connectivity index (χ1v) is 8.68. The third kappa shape index (κ3) is 2.97. The summed E-state index contributed by atoms with van der Waals surface area (Å²) in [5.74, 6) is -0.472. The zero-order valence-electron chi connectivity index (χ0n) is 12.1. The van der Waals surface area contributed by atoms with Crippen LogP contribution in [0.3, 0.4) is 0 Å². The Morgan fingerprint density at radius 1 is 1.17 bits per heavy atom. The van der Waals surface area contributed by atoms with Gasteiger partial charge >= 0.3 is 5.76 Å². The zero-order chi connectivity index (χ0) is 16.6. The number of anilines is 1.